The lowest BCUT2D eigenvalue weighted by Gasteiger charge is -2.23. The summed E-state index contributed by atoms with van der Waals surface area (Å²) in [6.45, 7) is 0.612. The Hall–Kier alpha value is -1.68. The summed E-state index contributed by atoms with van der Waals surface area (Å²) in [5.74, 6) is -0.148. The van der Waals surface area contributed by atoms with E-state index >= 15 is 0 Å². The molecule has 1 aliphatic heterocycles. The number of nitrogens with two attached hydrogens (primary N) is 1. The number of benzene rings is 1. The third kappa shape index (κ3) is 2.76. The molecule has 0 unspecified atom stereocenters. The summed E-state index contributed by atoms with van der Waals surface area (Å²) in [7, 11) is 0. The van der Waals surface area contributed by atoms with Crippen molar-refractivity contribution in [1.29, 1.82) is 0 Å². The monoisotopic (exact) mass is 245 g/mol. The van der Waals surface area contributed by atoms with Crippen molar-refractivity contribution in [1.82, 2.24) is 4.90 Å². The molecule has 0 bridgehead atoms. The van der Waals surface area contributed by atoms with Gasteiger partial charge in [-0.05, 0) is 24.8 Å². The Morgan fingerprint density at radius 2 is 2.17 bits per heavy atom. The maximum absolute atomic E-state index is 12.1. The molecule has 2 N–H and O–H groups in total. The number of amides is 1. The first-order chi connectivity index (χ1) is 8.72. The topological polar surface area (TPSA) is 63.4 Å². The molecule has 0 aliphatic carbocycles. The number of carbonyl (C=O) groups is 1. The number of carbonyl (C=O) groups excluding carboxylic acids is 2. The minimum Gasteiger partial charge on any atom is -0.331 e. The quantitative estimate of drug-likeness (QED) is 0.847. The summed E-state index contributed by atoms with van der Waals surface area (Å²) in [4.78, 5) is 24.4. The number of nitrogens with zero attached hydrogens (tertiary/aromatic N) is 1. The summed E-state index contributed by atoms with van der Waals surface area (Å²) in [5, 5.41) is 0. The molecule has 0 aromatic heterocycles. The molecule has 2 atom stereocenters. The highest BCUT2D eigenvalue weighted by atomic mass is 16.2. The first-order valence-corrected chi connectivity index (χ1v) is 6.20. The van der Waals surface area contributed by atoms with Crippen LogP contribution in [0.15, 0.2) is 30.3 Å². The van der Waals surface area contributed by atoms with Crippen LogP contribution in [-0.2, 0) is 16.0 Å². The fraction of sp³-hybridized carbons (Fsp3) is 0.429. The molecule has 1 heterocycles. The highest BCUT2D eigenvalue weighted by Gasteiger charge is 2.31. The molecule has 1 radical (unpaired) electrons. The minimum atomic E-state index is -0.582. The second-order valence-corrected chi connectivity index (χ2v) is 4.60. The minimum absolute atomic E-state index is 0.148. The van der Waals surface area contributed by atoms with Crippen molar-refractivity contribution in [2.45, 2.75) is 31.3 Å². The van der Waals surface area contributed by atoms with Crippen LogP contribution in [0.1, 0.15) is 18.4 Å². The molecule has 1 amide bonds. The van der Waals surface area contributed by atoms with Gasteiger partial charge in [-0.25, -0.2) is 0 Å². The molecular weight excluding hydrogens is 228 g/mol. The largest absolute Gasteiger partial charge is 0.331 e. The smallest absolute Gasteiger partial charge is 0.240 e. The van der Waals surface area contributed by atoms with Crippen molar-refractivity contribution in [3.63, 3.8) is 0 Å². The maximum Gasteiger partial charge on any atom is 0.240 e. The van der Waals surface area contributed by atoms with Crippen molar-refractivity contribution in [2.24, 2.45) is 5.73 Å². The normalized spacial score (nSPS) is 20.7. The molecule has 18 heavy (non-hydrogen) atoms. The van der Waals surface area contributed by atoms with Crippen LogP contribution in [0.5, 0.6) is 0 Å². The summed E-state index contributed by atoms with van der Waals surface area (Å²) in [6.07, 6.45) is 3.97. The van der Waals surface area contributed by atoms with Crippen LogP contribution in [-0.4, -0.2) is 35.7 Å². The Kier molecular flexibility index (Phi) is 4.10. The SMILES string of the molecule is N[C@H](Cc1ccccc1)C(=O)N1CCC[C@@H]1[C]=O. The molecule has 1 aromatic carbocycles. The van der Waals surface area contributed by atoms with Gasteiger partial charge in [0.15, 0.2) is 0 Å². The van der Waals surface area contributed by atoms with Crippen LogP contribution >= 0.6 is 0 Å². The standard InChI is InChI=1S/C14H17N2O2/c15-13(9-11-5-2-1-3-6-11)14(18)16-8-4-7-12(16)10-17/h1-3,5-6,12-13H,4,7-9,15H2/t12-,13-/m1/s1. The zero-order chi connectivity index (χ0) is 13.0. The molecule has 1 aromatic rings. The third-order valence-electron chi connectivity index (χ3n) is 3.29. The number of likely N-dealkylation sites (tertiary alicyclic amines) is 1. The van der Waals surface area contributed by atoms with E-state index in [9.17, 15) is 9.59 Å². The van der Waals surface area contributed by atoms with Gasteiger partial charge in [0, 0.05) is 6.54 Å². The number of rotatable bonds is 4. The number of hydrogen-bond acceptors (Lipinski definition) is 3. The van der Waals surface area contributed by atoms with Crippen LogP contribution in [0.25, 0.3) is 0 Å². The molecule has 0 spiro atoms. The molecule has 4 nitrogen and oxygen atoms in total. The Morgan fingerprint density at radius 3 is 2.83 bits per heavy atom. The Morgan fingerprint density at radius 1 is 1.44 bits per heavy atom. The van der Waals surface area contributed by atoms with Gasteiger partial charge in [-0.1, -0.05) is 30.3 Å². The van der Waals surface area contributed by atoms with Gasteiger partial charge in [0.1, 0.15) is 0 Å². The molecule has 1 saturated heterocycles. The van der Waals surface area contributed by atoms with E-state index < -0.39 is 12.1 Å². The first kappa shape index (κ1) is 12.8. The van der Waals surface area contributed by atoms with Gasteiger partial charge in [-0.3, -0.25) is 9.59 Å². The van der Waals surface area contributed by atoms with Crippen molar-refractivity contribution in [3.05, 3.63) is 35.9 Å². The van der Waals surface area contributed by atoms with Crippen molar-refractivity contribution in [2.75, 3.05) is 6.54 Å². The van der Waals surface area contributed by atoms with Gasteiger partial charge in [0.05, 0.1) is 12.1 Å². The molecule has 4 heteroatoms. The maximum atomic E-state index is 12.1. The van der Waals surface area contributed by atoms with E-state index in [2.05, 4.69) is 0 Å². The van der Waals surface area contributed by atoms with Gasteiger partial charge >= 0.3 is 0 Å². The van der Waals surface area contributed by atoms with E-state index in [0.717, 1.165) is 12.0 Å². The lowest BCUT2D eigenvalue weighted by atomic mass is 10.1. The second kappa shape index (κ2) is 5.78. The van der Waals surface area contributed by atoms with E-state index in [1.807, 2.05) is 36.6 Å². The van der Waals surface area contributed by atoms with E-state index in [0.29, 0.717) is 19.4 Å². The van der Waals surface area contributed by atoms with Crippen LogP contribution in [0.2, 0.25) is 0 Å². The molecule has 0 saturated carbocycles. The van der Waals surface area contributed by atoms with E-state index in [1.54, 1.807) is 4.90 Å². The Labute approximate surface area is 107 Å². The zero-order valence-electron chi connectivity index (χ0n) is 10.2. The van der Waals surface area contributed by atoms with E-state index in [4.69, 9.17) is 5.73 Å². The summed E-state index contributed by atoms with van der Waals surface area (Å²) in [6, 6.07) is 8.67. The van der Waals surface area contributed by atoms with Gasteiger partial charge in [-0.2, -0.15) is 0 Å². The fourth-order valence-electron chi connectivity index (χ4n) is 2.32. The Bertz CT molecular complexity index is 419. The summed E-state index contributed by atoms with van der Waals surface area (Å²) in [5.41, 5.74) is 6.96. The third-order valence-corrected chi connectivity index (χ3v) is 3.29. The lowest BCUT2D eigenvalue weighted by Crippen LogP contribution is -2.47. The fourth-order valence-corrected chi connectivity index (χ4v) is 2.32. The van der Waals surface area contributed by atoms with E-state index in [1.165, 1.54) is 0 Å². The van der Waals surface area contributed by atoms with Crippen LogP contribution in [0.4, 0.5) is 0 Å². The van der Waals surface area contributed by atoms with Crippen LogP contribution in [0, 0.1) is 0 Å². The first-order valence-electron chi connectivity index (χ1n) is 6.20. The van der Waals surface area contributed by atoms with Gasteiger partial charge in [0.25, 0.3) is 0 Å². The predicted molar refractivity (Wildman–Crippen MR) is 68.5 cm³/mol. The van der Waals surface area contributed by atoms with Crippen LogP contribution < -0.4 is 5.73 Å². The van der Waals surface area contributed by atoms with Gasteiger partial charge in [-0.15, -0.1) is 0 Å². The summed E-state index contributed by atoms with van der Waals surface area (Å²) < 4.78 is 0. The molecular formula is C14H17N2O2. The average Bonchev–Trinajstić information content (AvgIpc) is 2.87. The van der Waals surface area contributed by atoms with Crippen LogP contribution in [0.3, 0.4) is 0 Å². The average molecular weight is 245 g/mol. The molecule has 2 rings (SSSR count). The lowest BCUT2D eigenvalue weighted by molar-refractivity contribution is -0.132. The second-order valence-electron chi connectivity index (χ2n) is 4.60. The van der Waals surface area contributed by atoms with E-state index in [-0.39, 0.29) is 5.91 Å². The van der Waals surface area contributed by atoms with Crippen molar-refractivity contribution >= 4 is 12.2 Å². The molecule has 95 valence electrons. The van der Waals surface area contributed by atoms with Gasteiger partial charge in [0.2, 0.25) is 12.2 Å². The van der Waals surface area contributed by atoms with Crippen molar-refractivity contribution < 1.29 is 9.59 Å². The Balaban J connectivity index is 1.98. The highest BCUT2D eigenvalue weighted by Crippen LogP contribution is 2.17. The molecule has 1 aliphatic rings. The van der Waals surface area contributed by atoms with Gasteiger partial charge < -0.3 is 10.6 Å². The molecule has 1 fully saturated rings. The van der Waals surface area contributed by atoms with Crippen molar-refractivity contribution in [3.8, 4) is 0 Å². The number of hydrogen-bond donors (Lipinski definition) is 1. The highest BCUT2D eigenvalue weighted by molar-refractivity contribution is 5.85. The zero-order valence-corrected chi connectivity index (χ0v) is 10.2. The predicted octanol–water partition coefficient (Wildman–Crippen LogP) is 0.657. The summed E-state index contributed by atoms with van der Waals surface area (Å²) >= 11 is 0.